The lowest BCUT2D eigenvalue weighted by Crippen LogP contribution is -2.41. The molecule has 0 bridgehead atoms. The van der Waals surface area contributed by atoms with Crippen molar-refractivity contribution in [2.24, 2.45) is 0 Å². The molecule has 1 aliphatic carbocycles. The zero-order valence-corrected chi connectivity index (χ0v) is 10.7. The Bertz CT molecular complexity index is 415. The molecule has 0 saturated heterocycles. The molecule has 1 saturated carbocycles. The Hall–Kier alpha value is -1.07. The van der Waals surface area contributed by atoms with E-state index in [0.29, 0.717) is 24.7 Å². The molecule has 106 valence electrons. The second kappa shape index (κ2) is 5.92. The van der Waals surface area contributed by atoms with Gasteiger partial charge in [0.2, 0.25) is 0 Å². The fourth-order valence-corrected chi connectivity index (χ4v) is 2.35. The van der Waals surface area contributed by atoms with Gasteiger partial charge in [-0.1, -0.05) is 24.6 Å². The minimum atomic E-state index is -4.30. The highest BCUT2D eigenvalue weighted by Gasteiger charge is 2.31. The first-order valence-corrected chi connectivity index (χ1v) is 6.52. The molecular weight excluding hydrogens is 255 g/mol. The summed E-state index contributed by atoms with van der Waals surface area (Å²) in [6.07, 6.45) is -0.999. The number of aliphatic hydroxyl groups excluding tert-OH is 1. The lowest BCUT2D eigenvalue weighted by Gasteiger charge is -2.37. The van der Waals surface area contributed by atoms with Crippen molar-refractivity contribution in [3.05, 3.63) is 35.4 Å². The smallest absolute Gasteiger partial charge is 0.395 e. The SMILES string of the molecule is OCCN(Cc1cccc(C(F)(F)F)c1)C1CCC1. The van der Waals surface area contributed by atoms with Crippen LogP contribution in [0, 0.1) is 0 Å². The largest absolute Gasteiger partial charge is 0.416 e. The second-order valence-corrected chi connectivity index (χ2v) is 4.98. The van der Waals surface area contributed by atoms with Crippen molar-refractivity contribution in [2.75, 3.05) is 13.2 Å². The fourth-order valence-electron chi connectivity index (χ4n) is 2.35. The number of rotatable bonds is 5. The fraction of sp³-hybridized carbons (Fsp3) is 0.571. The number of aliphatic hydroxyl groups is 1. The molecule has 1 fully saturated rings. The van der Waals surface area contributed by atoms with Gasteiger partial charge in [-0.3, -0.25) is 4.90 Å². The Morgan fingerprint density at radius 2 is 2.00 bits per heavy atom. The van der Waals surface area contributed by atoms with E-state index in [1.807, 2.05) is 0 Å². The summed E-state index contributed by atoms with van der Waals surface area (Å²) in [5.74, 6) is 0. The molecule has 1 aliphatic rings. The Morgan fingerprint density at radius 3 is 2.53 bits per heavy atom. The summed E-state index contributed by atoms with van der Waals surface area (Å²) in [5, 5.41) is 9.05. The third-order valence-electron chi connectivity index (χ3n) is 3.62. The van der Waals surface area contributed by atoms with E-state index in [-0.39, 0.29) is 6.61 Å². The van der Waals surface area contributed by atoms with Crippen LogP contribution in [0.5, 0.6) is 0 Å². The maximum atomic E-state index is 12.6. The summed E-state index contributed by atoms with van der Waals surface area (Å²) < 4.78 is 37.9. The van der Waals surface area contributed by atoms with Gasteiger partial charge in [0.25, 0.3) is 0 Å². The second-order valence-electron chi connectivity index (χ2n) is 4.98. The summed E-state index contributed by atoms with van der Waals surface area (Å²) in [6.45, 7) is 1.02. The highest BCUT2D eigenvalue weighted by atomic mass is 19.4. The Balaban J connectivity index is 2.08. The Labute approximate surface area is 110 Å². The van der Waals surface area contributed by atoms with Gasteiger partial charge < -0.3 is 5.11 Å². The predicted octanol–water partition coefficient (Wildman–Crippen LogP) is 3.05. The van der Waals surface area contributed by atoms with Crippen molar-refractivity contribution in [1.82, 2.24) is 4.90 Å². The van der Waals surface area contributed by atoms with Gasteiger partial charge in [0.05, 0.1) is 12.2 Å². The number of hydrogen-bond acceptors (Lipinski definition) is 2. The van der Waals surface area contributed by atoms with Crippen LogP contribution in [0.25, 0.3) is 0 Å². The van der Waals surface area contributed by atoms with E-state index in [1.54, 1.807) is 6.07 Å². The quantitative estimate of drug-likeness (QED) is 0.891. The Morgan fingerprint density at radius 1 is 1.26 bits per heavy atom. The highest BCUT2D eigenvalue weighted by Crippen LogP contribution is 2.31. The molecule has 0 heterocycles. The van der Waals surface area contributed by atoms with Crippen molar-refractivity contribution < 1.29 is 18.3 Å². The van der Waals surface area contributed by atoms with Crippen LogP contribution in [0.1, 0.15) is 30.4 Å². The standard InChI is InChI=1S/C14H18F3NO/c15-14(16,17)12-4-1-3-11(9-12)10-18(7-8-19)13-5-2-6-13/h1,3-4,9,13,19H,2,5-8,10H2. The van der Waals surface area contributed by atoms with Crippen LogP contribution in [0.15, 0.2) is 24.3 Å². The molecule has 0 atom stereocenters. The normalized spacial score (nSPS) is 16.7. The minimum absolute atomic E-state index is 0.0372. The average molecular weight is 273 g/mol. The van der Waals surface area contributed by atoms with E-state index >= 15 is 0 Å². The molecule has 1 aromatic rings. The van der Waals surface area contributed by atoms with Crippen LogP contribution in [0.2, 0.25) is 0 Å². The number of hydrogen-bond donors (Lipinski definition) is 1. The van der Waals surface area contributed by atoms with Gasteiger partial charge in [-0.15, -0.1) is 0 Å². The van der Waals surface area contributed by atoms with Crippen molar-refractivity contribution in [3.8, 4) is 0 Å². The lowest BCUT2D eigenvalue weighted by molar-refractivity contribution is -0.137. The topological polar surface area (TPSA) is 23.5 Å². The van der Waals surface area contributed by atoms with Crippen LogP contribution in [-0.4, -0.2) is 29.2 Å². The number of halogens is 3. The van der Waals surface area contributed by atoms with E-state index in [4.69, 9.17) is 5.11 Å². The average Bonchev–Trinajstić information content (AvgIpc) is 2.26. The molecule has 0 aliphatic heterocycles. The molecule has 0 spiro atoms. The lowest BCUT2D eigenvalue weighted by atomic mass is 9.91. The molecule has 2 rings (SSSR count). The van der Waals surface area contributed by atoms with Gasteiger partial charge in [0.1, 0.15) is 0 Å². The van der Waals surface area contributed by atoms with Gasteiger partial charge in [-0.05, 0) is 24.5 Å². The maximum absolute atomic E-state index is 12.6. The zero-order chi connectivity index (χ0) is 13.9. The van der Waals surface area contributed by atoms with E-state index in [0.717, 1.165) is 25.3 Å². The van der Waals surface area contributed by atoms with E-state index in [9.17, 15) is 13.2 Å². The third kappa shape index (κ3) is 3.70. The molecule has 1 N–H and O–H groups in total. The number of alkyl halides is 3. The molecule has 0 radical (unpaired) electrons. The van der Waals surface area contributed by atoms with Crippen molar-refractivity contribution >= 4 is 0 Å². The summed E-state index contributed by atoms with van der Waals surface area (Å²) in [7, 11) is 0. The van der Waals surface area contributed by atoms with Gasteiger partial charge in [0, 0.05) is 19.1 Å². The molecule has 1 aromatic carbocycles. The van der Waals surface area contributed by atoms with E-state index < -0.39 is 11.7 Å². The first-order chi connectivity index (χ1) is 9.00. The summed E-state index contributed by atoms with van der Waals surface area (Å²) in [6, 6.07) is 5.84. The molecule has 2 nitrogen and oxygen atoms in total. The predicted molar refractivity (Wildman–Crippen MR) is 66.6 cm³/mol. The van der Waals surface area contributed by atoms with Gasteiger partial charge in [-0.2, -0.15) is 13.2 Å². The van der Waals surface area contributed by atoms with Crippen LogP contribution < -0.4 is 0 Å². The van der Waals surface area contributed by atoms with Crippen LogP contribution in [0.3, 0.4) is 0 Å². The van der Waals surface area contributed by atoms with Gasteiger partial charge in [-0.25, -0.2) is 0 Å². The zero-order valence-electron chi connectivity index (χ0n) is 10.7. The first-order valence-electron chi connectivity index (χ1n) is 6.52. The van der Waals surface area contributed by atoms with Crippen molar-refractivity contribution in [1.29, 1.82) is 0 Å². The summed E-state index contributed by atoms with van der Waals surface area (Å²) in [4.78, 5) is 2.07. The van der Waals surface area contributed by atoms with Crippen molar-refractivity contribution in [2.45, 2.75) is 38.0 Å². The molecular formula is C14H18F3NO. The molecule has 19 heavy (non-hydrogen) atoms. The van der Waals surface area contributed by atoms with E-state index in [1.165, 1.54) is 12.1 Å². The highest BCUT2D eigenvalue weighted by molar-refractivity contribution is 5.25. The minimum Gasteiger partial charge on any atom is -0.395 e. The molecule has 0 unspecified atom stereocenters. The van der Waals surface area contributed by atoms with Gasteiger partial charge in [0.15, 0.2) is 0 Å². The van der Waals surface area contributed by atoms with Crippen LogP contribution >= 0.6 is 0 Å². The Kier molecular flexibility index (Phi) is 4.47. The van der Waals surface area contributed by atoms with Gasteiger partial charge >= 0.3 is 6.18 Å². The van der Waals surface area contributed by atoms with Crippen molar-refractivity contribution in [3.63, 3.8) is 0 Å². The number of benzene rings is 1. The van der Waals surface area contributed by atoms with Crippen LogP contribution in [0.4, 0.5) is 13.2 Å². The number of nitrogens with zero attached hydrogens (tertiary/aromatic N) is 1. The summed E-state index contributed by atoms with van der Waals surface area (Å²) in [5.41, 5.74) is 0.0396. The maximum Gasteiger partial charge on any atom is 0.416 e. The van der Waals surface area contributed by atoms with E-state index in [2.05, 4.69) is 4.90 Å². The molecule has 5 heteroatoms. The van der Waals surface area contributed by atoms with Crippen LogP contribution in [-0.2, 0) is 12.7 Å². The molecule has 0 amide bonds. The third-order valence-corrected chi connectivity index (χ3v) is 3.62. The summed E-state index contributed by atoms with van der Waals surface area (Å²) >= 11 is 0. The monoisotopic (exact) mass is 273 g/mol. The first kappa shape index (κ1) is 14.3. The molecule has 0 aromatic heterocycles.